The predicted molar refractivity (Wildman–Crippen MR) is 76.1 cm³/mol. The molecule has 2 rings (SSSR count). The summed E-state index contributed by atoms with van der Waals surface area (Å²) in [5.74, 6) is -0.637. The van der Waals surface area contributed by atoms with Gasteiger partial charge in [-0.2, -0.15) is 0 Å². The molecule has 0 bridgehead atoms. The summed E-state index contributed by atoms with van der Waals surface area (Å²) in [4.78, 5) is 25.8. The second kappa shape index (κ2) is 5.52. The highest BCUT2D eigenvalue weighted by molar-refractivity contribution is 7.94. The molecule has 2 N–H and O–H groups in total. The third kappa shape index (κ3) is 3.19. The fourth-order valence-electron chi connectivity index (χ4n) is 1.75. The Morgan fingerprint density at radius 3 is 2.67 bits per heavy atom. The van der Waals surface area contributed by atoms with E-state index in [-0.39, 0.29) is 5.69 Å². The number of aryl methyl sites for hydroxylation is 1. The summed E-state index contributed by atoms with van der Waals surface area (Å²) in [6.45, 7) is 1.78. The van der Waals surface area contributed by atoms with Gasteiger partial charge >= 0.3 is 6.03 Å². The summed E-state index contributed by atoms with van der Waals surface area (Å²) < 4.78 is 31.8. The third-order valence-electron chi connectivity index (χ3n) is 2.76. The molecule has 1 aromatic rings. The van der Waals surface area contributed by atoms with Crippen LogP contribution in [0.5, 0.6) is 5.75 Å². The highest BCUT2D eigenvalue weighted by Gasteiger charge is 2.35. The van der Waals surface area contributed by atoms with Crippen molar-refractivity contribution in [3.63, 3.8) is 0 Å². The molecule has 1 heterocycles. The van der Waals surface area contributed by atoms with Crippen molar-refractivity contribution in [3.8, 4) is 5.75 Å². The Morgan fingerprint density at radius 2 is 2.05 bits per heavy atom. The largest absolute Gasteiger partial charge is 0.495 e. The second-order valence-corrected chi connectivity index (χ2v) is 6.15. The molecule has 0 saturated carbocycles. The summed E-state index contributed by atoms with van der Waals surface area (Å²) in [6, 6.07) is 4.04. The maximum Gasteiger partial charge on any atom is 0.347 e. The van der Waals surface area contributed by atoms with Gasteiger partial charge in [0.25, 0.3) is 5.91 Å². The Kier molecular flexibility index (Phi) is 3.94. The van der Waals surface area contributed by atoms with Crippen molar-refractivity contribution in [1.29, 1.82) is 0 Å². The monoisotopic (exact) mass is 311 g/mol. The fourth-order valence-corrected chi connectivity index (χ4v) is 2.91. The van der Waals surface area contributed by atoms with Crippen molar-refractivity contribution in [2.75, 3.05) is 11.8 Å². The number of anilines is 1. The predicted octanol–water partition coefficient (Wildman–Crippen LogP) is 0.435. The number of amides is 3. The molecule has 1 atom stereocenters. The van der Waals surface area contributed by atoms with Gasteiger partial charge in [0.1, 0.15) is 5.75 Å². The minimum Gasteiger partial charge on any atom is -0.495 e. The van der Waals surface area contributed by atoms with Crippen molar-refractivity contribution in [3.05, 3.63) is 23.8 Å². The van der Waals surface area contributed by atoms with Crippen LogP contribution in [0.15, 0.2) is 23.2 Å². The van der Waals surface area contributed by atoms with Crippen molar-refractivity contribution < 1.29 is 22.7 Å². The molecule has 1 unspecified atom stereocenters. The van der Waals surface area contributed by atoms with Crippen molar-refractivity contribution >= 4 is 33.9 Å². The van der Waals surface area contributed by atoms with Crippen LogP contribution >= 0.6 is 0 Å². The number of carbonyl (C=O) groups excluding carboxylic acids is 2. The number of aliphatic imine (C=N–C) groups is 1. The molecule has 8 nitrogen and oxygen atoms in total. The molecule has 0 saturated heterocycles. The van der Waals surface area contributed by atoms with E-state index < -0.39 is 27.2 Å². The van der Waals surface area contributed by atoms with E-state index in [2.05, 4.69) is 9.71 Å². The van der Waals surface area contributed by atoms with Gasteiger partial charge in [-0.05, 0) is 24.6 Å². The van der Waals surface area contributed by atoms with E-state index in [0.717, 1.165) is 11.8 Å². The number of hydrogen-bond donors (Lipinski definition) is 2. The Morgan fingerprint density at radius 1 is 1.33 bits per heavy atom. The van der Waals surface area contributed by atoms with Crippen LogP contribution in [0.2, 0.25) is 0 Å². The summed E-state index contributed by atoms with van der Waals surface area (Å²) in [5, 5.41) is 0.252. The molecule has 1 aliphatic rings. The number of hydrogen-bond acceptors (Lipinski definition) is 5. The van der Waals surface area contributed by atoms with Crippen LogP contribution in [0.25, 0.3) is 0 Å². The molecule has 0 aromatic heterocycles. The van der Waals surface area contributed by atoms with E-state index in [1.165, 1.54) is 7.11 Å². The maximum absolute atomic E-state index is 12.2. The molecule has 0 spiro atoms. The van der Waals surface area contributed by atoms with Gasteiger partial charge < -0.3 is 4.74 Å². The van der Waals surface area contributed by atoms with E-state index >= 15 is 0 Å². The zero-order valence-corrected chi connectivity index (χ0v) is 12.1. The third-order valence-corrected chi connectivity index (χ3v) is 4.27. The number of imide groups is 1. The number of methoxy groups -OCH3 is 1. The van der Waals surface area contributed by atoms with E-state index in [9.17, 15) is 18.0 Å². The fraction of sp³-hybridized carbons (Fsp3) is 0.250. The van der Waals surface area contributed by atoms with Crippen LogP contribution in [-0.4, -0.2) is 38.9 Å². The topological polar surface area (TPSA) is 114 Å². The first-order chi connectivity index (χ1) is 9.83. The molecule has 0 fully saturated rings. The van der Waals surface area contributed by atoms with Crippen molar-refractivity contribution in [2.24, 2.45) is 4.99 Å². The number of ether oxygens (including phenoxy) is 1. The lowest BCUT2D eigenvalue weighted by Crippen LogP contribution is -2.48. The number of nitrogens with one attached hydrogen (secondary N) is 2. The normalized spacial score (nSPS) is 18.3. The van der Waals surface area contributed by atoms with Gasteiger partial charge in [-0.1, -0.05) is 6.07 Å². The second-order valence-electron chi connectivity index (χ2n) is 4.34. The molecule has 3 amide bonds. The number of urea groups is 1. The maximum atomic E-state index is 12.2. The quantitative estimate of drug-likeness (QED) is 0.837. The molecule has 0 aliphatic carbocycles. The molecule has 21 heavy (non-hydrogen) atoms. The lowest BCUT2D eigenvalue weighted by Gasteiger charge is -2.18. The number of sulfonamides is 1. The number of rotatable bonds is 4. The van der Waals surface area contributed by atoms with Crippen molar-refractivity contribution in [2.45, 2.75) is 12.2 Å². The minimum atomic E-state index is -4.10. The summed E-state index contributed by atoms with van der Waals surface area (Å²) >= 11 is 0. The molecule has 1 aromatic carbocycles. The average molecular weight is 311 g/mol. The molecular formula is C12H13N3O5S. The Labute approximate surface area is 121 Å². The zero-order chi connectivity index (χ0) is 15.6. The number of nitrogens with zero attached hydrogens (tertiary/aromatic N) is 1. The van der Waals surface area contributed by atoms with E-state index in [0.29, 0.717) is 5.75 Å². The van der Waals surface area contributed by atoms with Gasteiger partial charge in [0.15, 0.2) is 5.25 Å². The van der Waals surface area contributed by atoms with Crippen LogP contribution in [0.4, 0.5) is 10.5 Å². The Hall–Kier alpha value is -2.42. The van der Waals surface area contributed by atoms with Gasteiger partial charge in [-0.25, -0.2) is 18.2 Å². The molecular weight excluding hydrogens is 298 g/mol. The lowest BCUT2D eigenvalue weighted by atomic mass is 10.2. The van der Waals surface area contributed by atoms with Crippen LogP contribution in [-0.2, 0) is 14.8 Å². The Balaban J connectivity index is 2.34. The van der Waals surface area contributed by atoms with Gasteiger partial charge in [0, 0.05) is 6.21 Å². The van der Waals surface area contributed by atoms with Crippen LogP contribution in [0.1, 0.15) is 5.56 Å². The van der Waals surface area contributed by atoms with E-state index in [1.54, 1.807) is 25.1 Å². The van der Waals surface area contributed by atoms with Crippen LogP contribution in [0, 0.1) is 6.92 Å². The molecule has 9 heteroatoms. The van der Waals surface area contributed by atoms with Crippen LogP contribution < -0.4 is 14.8 Å². The molecule has 0 radical (unpaired) electrons. The summed E-state index contributed by atoms with van der Waals surface area (Å²) in [6.07, 6.45) is 0.797. The minimum absolute atomic E-state index is 0.204. The first kappa shape index (κ1) is 15.0. The van der Waals surface area contributed by atoms with E-state index in [1.807, 2.05) is 5.32 Å². The highest BCUT2D eigenvalue weighted by Crippen LogP contribution is 2.27. The van der Waals surface area contributed by atoms with Crippen molar-refractivity contribution in [1.82, 2.24) is 5.32 Å². The first-order valence-corrected chi connectivity index (χ1v) is 7.43. The molecule has 112 valence electrons. The lowest BCUT2D eigenvalue weighted by molar-refractivity contribution is -0.118. The van der Waals surface area contributed by atoms with Gasteiger partial charge in [0.2, 0.25) is 10.0 Å². The Bertz CT molecular complexity index is 726. The van der Waals surface area contributed by atoms with Crippen LogP contribution in [0.3, 0.4) is 0 Å². The SMILES string of the molecule is COc1ccc(C)cc1NS(=O)(=O)C1C=NC(=O)NC1=O. The summed E-state index contributed by atoms with van der Waals surface area (Å²) in [5.41, 5.74) is 1.01. The number of carbonyl (C=O) groups is 2. The van der Waals surface area contributed by atoms with Gasteiger partial charge in [0.05, 0.1) is 12.8 Å². The van der Waals surface area contributed by atoms with E-state index in [4.69, 9.17) is 4.74 Å². The first-order valence-electron chi connectivity index (χ1n) is 5.89. The van der Waals surface area contributed by atoms with Gasteiger partial charge in [-0.15, -0.1) is 0 Å². The average Bonchev–Trinajstić information content (AvgIpc) is 2.37. The summed E-state index contributed by atoms with van der Waals surface area (Å²) in [7, 11) is -2.70. The number of benzene rings is 1. The highest BCUT2D eigenvalue weighted by atomic mass is 32.2. The zero-order valence-electron chi connectivity index (χ0n) is 11.3. The van der Waals surface area contributed by atoms with Gasteiger partial charge in [-0.3, -0.25) is 14.8 Å². The molecule has 1 aliphatic heterocycles. The standard InChI is InChI=1S/C12H13N3O5S/c1-7-3-4-9(20-2)8(5-7)15-21(18,19)10-6-13-12(17)14-11(10)16/h3-6,10,15H,1-2H3,(H,14,16,17). The smallest absolute Gasteiger partial charge is 0.347 e.